The van der Waals surface area contributed by atoms with Crippen LogP contribution in [0.1, 0.15) is 24.2 Å². The summed E-state index contributed by atoms with van der Waals surface area (Å²) in [6.07, 6.45) is 0. The van der Waals surface area contributed by atoms with Crippen molar-refractivity contribution < 1.29 is 23.8 Å². The molecular weight excluding hydrogens is 449 g/mol. The third kappa shape index (κ3) is 5.91. The molecule has 0 atom stereocenters. The minimum Gasteiger partial charge on any atom is -0.490 e. The zero-order valence-electron chi connectivity index (χ0n) is 14.6. The molecule has 2 aromatic rings. The summed E-state index contributed by atoms with van der Waals surface area (Å²) in [5.41, 5.74) is 0.935. The minimum atomic E-state index is -0.605. The number of halogens is 1. The Hall–Kier alpha value is -2.29. The van der Waals surface area contributed by atoms with Gasteiger partial charge in [0, 0.05) is 9.26 Å². The van der Waals surface area contributed by atoms with Gasteiger partial charge in [-0.1, -0.05) is 0 Å². The van der Waals surface area contributed by atoms with Crippen molar-refractivity contribution in [3.8, 4) is 11.5 Å². The lowest BCUT2D eigenvalue weighted by Gasteiger charge is -2.12. The van der Waals surface area contributed by atoms with E-state index in [9.17, 15) is 9.59 Å². The van der Waals surface area contributed by atoms with Crippen LogP contribution in [-0.4, -0.2) is 31.7 Å². The molecule has 26 heavy (non-hydrogen) atoms. The Labute approximate surface area is 166 Å². The van der Waals surface area contributed by atoms with Crippen LogP contribution in [-0.2, 0) is 9.53 Å². The molecule has 1 N–H and O–H groups in total. The summed E-state index contributed by atoms with van der Waals surface area (Å²) in [5.74, 6) is 0.0109. The molecule has 2 rings (SSSR count). The molecule has 0 heterocycles. The second-order valence-corrected chi connectivity index (χ2v) is 6.40. The first-order valence-electron chi connectivity index (χ1n) is 8.15. The number of anilines is 1. The van der Waals surface area contributed by atoms with Gasteiger partial charge in [-0.2, -0.15) is 0 Å². The van der Waals surface area contributed by atoms with E-state index in [4.69, 9.17) is 14.2 Å². The van der Waals surface area contributed by atoms with Crippen LogP contribution in [0.2, 0.25) is 0 Å². The van der Waals surface area contributed by atoms with Crippen LogP contribution in [0.5, 0.6) is 11.5 Å². The van der Waals surface area contributed by atoms with Gasteiger partial charge in [-0.05, 0) is 78.9 Å². The van der Waals surface area contributed by atoms with Crippen molar-refractivity contribution in [2.45, 2.75) is 13.8 Å². The normalized spacial score (nSPS) is 10.1. The van der Waals surface area contributed by atoms with Crippen molar-refractivity contribution in [3.05, 3.63) is 51.6 Å². The third-order valence-electron chi connectivity index (χ3n) is 3.24. The number of amides is 1. The van der Waals surface area contributed by atoms with Crippen molar-refractivity contribution >= 4 is 40.2 Å². The van der Waals surface area contributed by atoms with Crippen LogP contribution < -0.4 is 14.8 Å². The number of rotatable bonds is 8. The van der Waals surface area contributed by atoms with E-state index >= 15 is 0 Å². The molecule has 0 aromatic heterocycles. The van der Waals surface area contributed by atoms with Gasteiger partial charge in [0.2, 0.25) is 0 Å². The zero-order chi connectivity index (χ0) is 18.9. The molecule has 0 unspecified atom stereocenters. The van der Waals surface area contributed by atoms with Gasteiger partial charge in [-0.15, -0.1) is 0 Å². The van der Waals surface area contributed by atoms with E-state index in [1.807, 2.05) is 26.0 Å². The number of ether oxygens (including phenoxy) is 3. The largest absolute Gasteiger partial charge is 0.490 e. The lowest BCUT2D eigenvalue weighted by molar-refractivity contribution is -0.119. The summed E-state index contributed by atoms with van der Waals surface area (Å²) in [5, 5.41) is 2.67. The molecule has 0 fully saturated rings. The second kappa shape index (κ2) is 10.0. The number of hydrogen-bond donors (Lipinski definition) is 1. The maximum absolute atomic E-state index is 12.2. The van der Waals surface area contributed by atoms with Gasteiger partial charge in [-0.25, -0.2) is 4.79 Å². The first-order valence-corrected chi connectivity index (χ1v) is 9.23. The van der Waals surface area contributed by atoms with E-state index in [0.717, 1.165) is 3.57 Å². The van der Waals surface area contributed by atoms with Crippen molar-refractivity contribution in [2.75, 3.05) is 25.1 Å². The molecule has 2 aromatic carbocycles. The predicted molar refractivity (Wildman–Crippen MR) is 107 cm³/mol. The molecule has 0 saturated carbocycles. The Balaban J connectivity index is 1.95. The number of benzene rings is 2. The fourth-order valence-electron chi connectivity index (χ4n) is 2.12. The van der Waals surface area contributed by atoms with E-state index in [1.165, 1.54) is 0 Å². The quantitative estimate of drug-likeness (QED) is 0.469. The first kappa shape index (κ1) is 20.0. The number of carbonyl (C=O) groups is 2. The summed E-state index contributed by atoms with van der Waals surface area (Å²) in [6.45, 7) is 4.27. The lowest BCUT2D eigenvalue weighted by Crippen LogP contribution is -2.21. The molecule has 1 amide bonds. The summed E-state index contributed by atoms with van der Waals surface area (Å²) in [4.78, 5) is 24.1. The fourth-order valence-corrected chi connectivity index (χ4v) is 2.48. The van der Waals surface area contributed by atoms with Crippen LogP contribution in [0.25, 0.3) is 0 Å². The Kier molecular flexibility index (Phi) is 7.71. The highest BCUT2D eigenvalue weighted by molar-refractivity contribution is 14.1. The van der Waals surface area contributed by atoms with Crippen molar-refractivity contribution in [2.24, 2.45) is 0 Å². The van der Waals surface area contributed by atoms with E-state index in [2.05, 4.69) is 27.9 Å². The van der Waals surface area contributed by atoms with Gasteiger partial charge in [0.25, 0.3) is 5.91 Å². The number of esters is 1. The van der Waals surface area contributed by atoms with Gasteiger partial charge in [-0.3, -0.25) is 4.79 Å². The fraction of sp³-hybridized carbons (Fsp3) is 0.263. The van der Waals surface area contributed by atoms with Gasteiger partial charge >= 0.3 is 5.97 Å². The van der Waals surface area contributed by atoms with Gasteiger partial charge in [0.1, 0.15) is 0 Å². The maximum atomic E-state index is 12.2. The smallest absolute Gasteiger partial charge is 0.338 e. The van der Waals surface area contributed by atoms with E-state index in [0.29, 0.717) is 36.0 Å². The van der Waals surface area contributed by atoms with Gasteiger partial charge in [0.05, 0.1) is 18.8 Å². The predicted octanol–water partition coefficient (Wildman–Crippen LogP) is 3.88. The third-order valence-corrected chi connectivity index (χ3v) is 3.96. The standard InChI is InChI=1S/C19H20INO5/c1-3-24-16-10-5-13(11-17(16)25-4-2)19(23)26-12-18(22)21-15-8-6-14(20)7-9-15/h5-11H,3-4,12H2,1-2H3,(H,21,22). The maximum Gasteiger partial charge on any atom is 0.338 e. The number of carbonyl (C=O) groups excluding carboxylic acids is 2. The van der Waals surface area contributed by atoms with Crippen LogP contribution in [0.4, 0.5) is 5.69 Å². The highest BCUT2D eigenvalue weighted by atomic mass is 127. The van der Waals surface area contributed by atoms with Crippen molar-refractivity contribution in [3.63, 3.8) is 0 Å². The van der Waals surface area contributed by atoms with E-state index in [-0.39, 0.29) is 6.61 Å². The summed E-state index contributed by atoms with van der Waals surface area (Å²) < 4.78 is 17.1. The highest BCUT2D eigenvalue weighted by Crippen LogP contribution is 2.28. The average Bonchev–Trinajstić information content (AvgIpc) is 2.63. The summed E-state index contributed by atoms with van der Waals surface area (Å²) in [7, 11) is 0. The van der Waals surface area contributed by atoms with E-state index in [1.54, 1.807) is 30.3 Å². The van der Waals surface area contributed by atoms with Gasteiger partial charge < -0.3 is 19.5 Å². The highest BCUT2D eigenvalue weighted by Gasteiger charge is 2.14. The van der Waals surface area contributed by atoms with Gasteiger partial charge in [0.15, 0.2) is 18.1 Å². The Morgan fingerprint density at radius 2 is 1.62 bits per heavy atom. The van der Waals surface area contributed by atoms with Crippen molar-refractivity contribution in [1.29, 1.82) is 0 Å². The van der Waals surface area contributed by atoms with Crippen LogP contribution in [0, 0.1) is 3.57 Å². The number of hydrogen-bond acceptors (Lipinski definition) is 5. The van der Waals surface area contributed by atoms with Crippen LogP contribution in [0.15, 0.2) is 42.5 Å². The minimum absolute atomic E-state index is 0.291. The SMILES string of the molecule is CCOc1ccc(C(=O)OCC(=O)Nc2ccc(I)cc2)cc1OCC. The number of nitrogens with one attached hydrogen (secondary N) is 1. The topological polar surface area (TPSA) is 73.9 Å². The first-order chi connectivity index (χ1) is 12.5. The molecule has 0 bridgehead atoms. The van der Waals surface area contributed by atoms with Crippen LogP contribution >= 0.6 is 22.6 Å². The molecule has 138 valence electrons. The average molecular weight is 469 g/mol. The van der Waals surface area contributed by atoms with E-state index < -0.39 is 11.9 Å². The molecule has 0 aliphatic carbocycles. The lowest BCUT2D eigenvalue weighted by atomic mass is 10.2. The zero-order valence-corrected chi connectivity index (χ0v) is 16.7. The van der Waals surface area contributed by atoms with Crippen molar-refractivity contribution in [1.82, 2.24) is 0 Å². The molecule has 6 nitrogen and oxygen atoms in total. The Morgan fingerprint density at radius 1 is 0.962 bits per heavy atom. The Morgan fingerprint density at radius 3 is 2.27 bits per heavy atom. The molecule has 0 radical (unpaired) electrons. The molecule has 0 aliphatic rings. The Bertz CT molecular complexity index is 761. The molecule has 0 saturated heterocycles. The second-order valence-electron chi connectivity index (χ2n) is 5.16. The monoisotopic (exact) mass is 469 g/mol. The molecule has 0 aliphatic heterocycles. The summed E-state index contributed by atoms with van der Waals surface area (Å²) >= 11 is 2.18. The molecular formula is C19H20INO5. The van der Waals surface area contributed by atoms with Crippen LogP contribution in [0.3, 0.4) is 0 Å². The molecule has 7 heteroatoms. The summed E-state index contributed by atoms with van der Waals surface area (Å²) in [6, 6.07) is 12.1. The molecule has 0 spiro atoms.